The Labute approximate surface area is 489 Å². The Morgan fingerprint density at radius 1 is 0.458 bits per heavy atom. The first-order chi connectivity index (χ1) is 37.9. The first-order valence-electron chi connectivity index (χ1n) is 20.9. The van der Waals surface area contributed by atoms with Crippen molar-refractivity contribution in [3.05, 3.63) is 198 Å². The molecule has 0 atom stereocenters. The monoisotopic (exact) mass is 1300 g/mol. The maximum atomic E-state index is 10.4. The Bertz CT molecular complexity index is 4230. The Morgan fingerprint density at radius 2 is 0.735 bits per heavy atom. The van der Waals surface area contributed by atoms with Gasteiger partial charge in [0.1, 0.15) is 24.3 Å². The number of fused-ring (bicyclic) bond motifs is 5. The number of benzene rings is 5. The minimum atomic E-state index is -4.00. The van der Waals surface area contributed by atoms with Crippen molar-refractivity contribution in [3.63, 3.8) is 0 Å². The number of anilines is 1. The van der Waals surface area contributed by atoms with E-state index >= 15 is 0 Å². The molecule has 0 aliphatic carbocycles. The summed E-state index contributed by atoms with van der Waals surface area (Å²) in [6.45, 7) is 0. The van der Waals surface area contributed by atoms with Gasteiger partial charge in [0.2, 0.25) is 0 Å². The topological polar surface area (TPSA) is 500 Å². The maximum Gasteiger partial charge on any atom is 0.350 e. The Balaban J connectivity index is 0.000000488. The van der Waals surface area contributed by atoms with E-state index in [-0.39, 0.29) is 58.0 Å². The molecule has 0 unspecified atom stereocenters. The molecule has 10 aromatic rings. The van der Waals surface area contributed by atoms with Gasteiger partial charge in [0.05, 0.1) is 64.0 Å². The quantitative estimate of drug-likeness (QED) is 0.0132. The molecule has 0 spiro atoms. The van der Waals surface area contributed by atoms with E-state index in [1.807, 2.05) is 36.4 Å². The summed E-state index contributed by atoms with van der Waals surface area (Å²) in [7, 11) is 0.752. The third kappa shape index (κ3) is 20.7. The van der Waals surface area contributed by atoms with Crippen molar-refractivity contribution in [1.29, 1.82) is 21.0 Å². The molecule has 0 bridgehead atoms. The third-order valence-corrected chi connectivity index (χ3v) is 10.9. The van der Waals surface area contributed by atoms with Crippen molar-refractivity contribution < 1.29 is 66.5 Å². The van der Waals surface area contributed by atoms with Crippen LogP contribution in [0.1, 0.15) is 29.7 Å². The second-order valence-corrected chi connectivity index (χ2v) is 19.1. The summed E-state index contributed by atoms with van der Waals surface area (Å²) in [5.74, 6) is 0. The van der Waals surface area contributed by atoms with E-state index in [1.165, 1.54) is 67.1 Å². The van der Waals surface area contributed by atoms with Gasteiger partial charge in [-0.3, -0.25) is 40.5 Å². The molecule has 0 amide bonds. The molecule has 83 heavy (non-hydrogen) atoms. The molecule has 5 aromatic heterocycles. The summed E-state index contributed by atoms with van der Waals surface area (Å²) < 4.78 is 42.6. The second kappa shape index (κ2) is 32.2. The number of H-pyrrole nitrogens is 5. The van der Waals surface area contributed by atoms with Gasteiger partial charge in [-0.15, -0.1) is 0 Å². The van der Waals surface area contributed by atoms with Crippen LogP contribution in [-0.2, 0) is 48.5 Å². The van der Waals surface area contributed by atoms with Gasteiger partial charge in [-0.2, -0.15) is 37.9 Å². The number of non-ortho nitro benzene ring substituents is 4. The van der Waals surface area contributed by atoms with Crippen LogP contribution in [0.5, 0.6) is 0 Å². The number of nitrogens with two attached hydrogens (primary N) is 1. The van der Waals surface area contributed by atoms with Crippen molar-refractivity contribution in [2.24, 2.45) is 8.80 Å². The summed E-state index contributed by atoms with van der Waals surface area (Å²) in [6.07, 6.45) is 9.58. The first kappa shape index (κ1) is 70.1. The van der Waals surface area contributed by atoms with Crippen LogP contribution in [0.4, 0.5) is 28.4 Å². The maximum absolute atomic E-state index is 10.4. The molecule has 35 heteroatoms. The van der Waals surface area contributed by atoms with E-state index in [2.05, 4.69) is 61.1 Å². The number of nitrogens with one attached hydrogen (secondary N) is 5. The molecular formula is C48H35Cl2N16O14PdS2-. The third-order valence-electron chi connectivity index (χ3n) is 9.86. The van der Waals surface area contributed by atoms with Gasteiger partial charge in [0.25, 0.3) is 34.9 Å². The van der Waals surface area contributed by atoms with E-state index in [0.29, 0.717) is 60.6 Å². The molecule has 0 radical (unpaired) electrons. The van der Waals surface area contributed by atoms with Crippen molar-refractivity contribution in [2.75, 3.05) is 5.73 Å². The fourth-order valence-electron chi connectivity index (χ4n) is 6.44. The van der Waals surface area contributed by atoms with Crippen LogP contribution >= 0.6 is 21.4 Å². The van der Waals surface area contributed by atoms with E-state index in [9.17, 15) is 57.3 Å². The normalized spacial score (nSPS) is 9.61. The number of rotatable bonds is 6. The number of nitriles is 4. The molecule has 7 N–H and O–H groups in total. The van der Waals surface area contributed by atoms with E-state index in [1.54, 1.807) is 42.7 Å². The Morgan fingerprint density at radius 3 is 1.00 bits per heavy atom. The summed E-state index contributed by atoms with van der Waals surface area (Å²) >= 11 is 0. The van der Waals surface area contributed by atoms with Gasteiger partial charge in [-0.25, -0.2) is 9.59 Å². The van der Waals surface area contributed by atoms with Crippen LogP contribution in [0, 0.1) is 93.2 Å². The zero-order chi connectivity index (χ0) is 59.3. The second-order valence-electron chi connectivity index (χ2n) is 14.7. The van der Waals surface area contributed by atoms with Crippen LogP contribution in [0.2, 0.25) is 0 Å². The van der Waals surface area contributed by atoms with Gasteiger partial charge in [0, 0.05) is 154 Å². The average Bonchev–Trinajstić information content (AvgIpc) is 4.47. The SMILES string of the molecule is C.N#Cc1c[nH]c2cc(N)ccc12.N#Cc1c[nH]c2cc([N+](=O)[O-])ccc12.N#Cc1c[nH]c2cc([N+](=O)[O-])ccc12.N#Cc1c[nH]c2cc([N+](=O)[O-])ccc12.O=C=NS(=O)(=O)Cl.O=C=NS(=O)(=O)Cl.O=[N+]([O-])c1ccc2cc[nH]c2c1.[CH3-].[Pd]. The summed E-state index contributed by atoms with van der Waals surface area (Å²) in [5.41, 5.74) is 12.1. The summed E-state index contributed by atoms with van der Waals surface area (Å²) in [4.78, 5) is 72.3. The molecular weight excluding hydrogens is 1270 g/mol. The number of aromatic amines is 5. The number of hydrogen-bond acceptors (Lipinski definition) is 19. The number of halogens is 2. The van der Waals surface area contributed by atoms with Crippen LogP contribution in [-0.4, -0.2) is 73.6 Å². The Kier molecular flexibility index (Phi) is 27.2. The van der Waals surface area contributed by atoms with Crippen molar-refractivity contribution in [2.45, 2.75) is 7.43 Å². The average molecular weight is 1300 g/mol. The minimum Gasteiger partial charge on any atom is -0.399 e. The molecule has 0 aliphatic heterocycles. The van der Waals surface area contributed by atoms with Crippen molar-refractivity contribution in [1.82, 2.24) is 24.9 Å². The molecule has 0 fully saturated rings. The zero-order valence-corrected chi connectivity index (χ0v) is 45.5. The molecule has 10 rings (SSSR count). The summed E-state index contributed by atoms with van der Waals surface area (Å²) in [5, 5.41) is 80.5. The van der Waals surface area contributed by atoms with E-state index < -0.39 is 38.2 Å². The smallest absolute Gasteiger partial charge is 0.350 e. The predicted octanol–water partition coefficient (Wildman–Crippen LogP) is 10.2. The van der Waals surface area contributed by atoms with Crippen molar-refractivity contribution in [3.8, 4) is 24.3 Å². The standard InChI is InChI=1S/3C9H5N3O2.C9H7N3.C8H6N2O2.2CClNO3S.CH4.CH3.Pd/c3*10-4-6-5-11-9-3-7(12(13)14)1-2-8(6)9;10-4-6-5-12-9-3-7(11)1-2-8(6)9;11-10(12)7-2-1-6-3-4-9-8(6)5-7;2*2-7(5,6)3-1-4;;;/h3*1-3,5,11H;1-3,5,12H,11H2;1-5,9H;;;1H4;1H3;/q;;;;;;;;-1;. The molecule has 5 heterocycles. The molecule has 428 valence electrons. The molecule has 0 aliphatic rings. The van der Waals surface area contributed by atoms with Crippen LogP contribution < -0.4 is 5.73 Å². The fourth-order valence-corrected chi connectivity index (χ4v) is 6.78. The fraction of sp³-hybridized carbons (Fsp3) is 0.0208. The number of nitro groups is 4. The molecule has 0 saturated carbocycles. The van der Waals surface area contributed by atoms with Gasteiger partial charge in [0.15, 0.2) is 0 Å². The summed E-state index contributed by atoms with van der Waals surface area (Å²) in [6, 6.07) is 33.3. The zero-order valence-electron chi connectivity index (χ0n) is 40.8. The number of nitrogen functional groups attached to an aromatic ring is 1. The Hall–Kier alpha value is -10.9. The first-order valence-corrected chi connectivity index (χ1v) is 25.4. The van der Waals surface area contributed by atoms with Gasteiger partial charge >= 0.3 is 18.5 Å². The minimum absolute atomic E-state index is 0. The van der Waals surface area contributed by atoms with Crippen molar-refractivity contribution >= 4 is 135 Å². The van der Waals surface area contributed by atoms with Crippen LogP contribution in [0.25, 0.3) is 54.5 Å². The van der Waals surface area contributed by atoms with Gasteiger partial charge in [-0.05, 0) is 53.9 Å². The van der Waals surface area contributed by atoms with Crippen LogP contribution in [0.15, 0.2) is 137 Å². The number of nitrogens with zero attached hydrogens (tertiary/aromatic N) is 10. The van der Waals surface area contributed by atoms with Gasteiger partial charge < -0.3 is 38.1 Å². The van der Waals surface area contributed by atoms with E-state index in [4.69, 9.17) is 36.4 Å². The number of isocyanates is 2. The largest absolute Gasteiger partial charge is 0.399 e. The molecule has 5 aromatic carbocycles. The molecule has 0 saturated heterocycles. The molecule has 30 nitrogen and oxygen atoms in total. The number of carbonyl (C=O) groups excluding carboxylic acids is 2. The number of hydrogen-bond donors (Lipinski definition) is 6. The van der Waals surface area contributed by atoms with Crippen LogP contribution in [0.3, 0.4) is 0 Å². The number of nitro benzene ring substituents is 4. The number of aromatic nitrogens is 5. The van der Waals surface area contributed by atoms with E-state index in [0.717, 1.165) is 34.0 Å². The predicted molar refractivity (Wildman–Crippen MR) is 300 cm³/mol. The van der Waals surface area contributed by atoms with Gasteiger partial charge in [-0.1, -0.05) is 16.2 Å².